The second kappa shape index (κ2) is 7.02. The number of nitrogens with one attached hydrogen (secondary N) is 1. The molecule has 19 heavy (non-hydrogen) atoms. The topological polar surface area (TPSA) is 29.9 Å². The summed E-state index contributed by atoms with van der Waals surface area (Å²) in [7, 11) is 1.95. The standard InChI is InChI=1S/C13H17Br2N3S/c1-3-5-16-11(7-9-4-6-18(2)17-9)10-8-12(14)19-13(10)15/h4,6,8,11,16H,3,5,7H2,1-2H3. The third kappa shape index (κ3) is 4.15. The smallest absolute Gasteiger partial charge is 0.0758 e. The molecule has 0 amide bonds. The maximum atomic E-state index is 4.47. The van der Waals surface area contributed by atoms with E-state index in [1.165, 1.54) is 9.35 Å². The highest BCUT2D eigenvalue weighted by atomic mass is 79.9. The van der Waals surface area contributed by atoms with Crippen LogP contribution in [-0.4, -0.2) is 16.3 Å². The van der Waals surface area contributed by atoms with E-state index in [1.54, 1.807) is 11.3 Å². The second-order valence-corrected chi connectivity index (χ2v) is 8.22. The van der Waals surface area contributed by atoms with Crippen molar-refractivity contribution in [2.24, 2.45) is 7.05 Å². The summed E-state index contributed by atoms with van der Waals surface area (Å²) in [6.45, 7) is 3.20. The number of rotatable bonds is 6. The van der Waals surface area contributed by atoms with Crippen LogP contribution in [0.5, 0.6) is 0 Å². The molecule has 0 fully saturated rings. The number of thiophene rings is 1. The summed E-state index contributed by atoms with van der Waals surface area (Å²) in [5.41, 5.74) is 2.42. The molecule has 0 aliphatic rings. The lowest BCUT2D eigenvalue weighted by molar-refractivity contribution is 0.521. The SMILES string of the molecule is CCCNC(Cc1ccn(C)n1)c1cc(Br)sc1Br. The number of nitrogens with zero attached hydrogens (tertiary/aromatic N) is 2. The fourth-order valence-corrected chi connectivity index (χ4v) is 4.96. The highest BCUT2D eigenvalue weighted by Gasteiger charge is 2.18. The maximum absolute atomic E-state index is 4.47. The summed E-state index contributed by atoms with van der Waals surface area (Å²) in [6, 6.07) is 4.56. The van der Waals surface area contributed by atoms with Crippen molar-refractivity contribution in [3.8, 4) is 0 Å². The molecular weight excluding hydrogens is 390 g/mol. The molecule has 6 heteroatoms. The first-order valence-electron chi connectivity index (χ1n) is 6.26. The molecule has 3 nitrogen and oxygen atoms in total. The molecule has 2 aromatic rings. The Morgan fingerprint density at radius 2 is 2.26 bits per heavy atom. The van der Waals surface area contributed by atoms with Gasteiger partial charge in [0.15, 0.2) is 0 Å². The minimum atomic E-state index is 0.298. The molecule has 2 heterocycles. The lowest BCUT2D eigenvalue weighted by Crippen LogP contribution is -2.24. The predicted octanol–water partition coefficient (Wildman–Crippen LogP) is 4.29. The molecule has 0 spiro atoms. The molecule has 0 saturated heterocycles. The van der Waals surface area contributed by atoms with Crippen LogP contribution in [-0.2, 0) is 13.5 Å². The number of hydrogen-bond acceptors (Lipinski definition) is 3. The average molecular weight is 407 g/mol. The summed E-state index contributed by atoms with van der Waals surface area (Å²) in [5.74, 6) is 0. The molecule has 1 unspecified atom stereocenters. The Kier molecular flexibility index (Phi) is 5.62. The predicted molar refractivity (Wildman–Crippen MR) is 87.7 cm³/mol. The second-order valence-electron chi connectivity index (χ2n) is 4.47. The lowest BCUT2D eigenvalue weighted by Gasteiger charge is -2.17. The largest absolute Gasteiger partial charge is 0.310 e. The molecule has 1 atom stereocenters. The lowest BCUT2D eigenvalue weighted by atomic mass is 10.1. The van der Waals surface area contributed by atoms with Crippen molar-refractivity contribution in [2.45, 2.75) is 25.8 Å². The minimum absolute atomic E-state index is 0.298. The van der Waals surface area contributed by atoms with Crippen LogP contribution < -0.4 is 5.32 Å². The maximum Gasteiger partial charge on any atom is 0.0758 e. The van der Waals surface area contributed by atoms with Crippen LogP contribution in [0.1, 0.15) is 30.6 Å². The van der Waals surface area contributed by atoms with E-state index < -0.39 is 0 Å². The van der Waals surface area contributed by atoms with Crippen LogP contribution in [0.15, 0.2) is 25.9 Å². The van der Waals surface area contributed by atoms with E-state index in [1.807, 2.05) is 17.9 Å². The number of halogens is 2. The zero-order chi connectivity index (χ0) is 13.8. The van der Waals surface area contributed by atoms with E-state index in [9.17, 15) is 0 Å². The summed E-state index contributed by atoms with van der Waals surface area (Å²) < 4.78 is 4.19. The fourth-order valence-electron chi connectivity index (χ4n) is 1.98. The van der Waals surface area contributed by atoms with Crippen LogP contribution in [0.3, 0.4) is 0 Å². The van der Waals surface area contributed by atoms with Crippen molar-refractivity contribution >= 4 is 43.2 Å². The van der Waals surface area contributed by atoms with Gasteiger partial charge in [0.05, 0.1) is 13.3 Å². The normalized spacial score (nSPS) is 12.8. The van der Waals surface area contributed by atoms with E-state index in [-0.39, 0.29) is 0 Å². The first-order chi connectivity index (χ1) is 9.10. The van der Waals surface area contributed by atoms with E-state index >= 15 is 0 Å². The Balaban J connectivity index is 2.18. The molecule has 0 aliphatic heterocycles. The van der Waals surface area contributed by atoms with Gasteiger partial charge in [0.2, 0.25) is 0 Å². The minimum Gasteiger partial charge on any atom is -0.310 e. The van der Waals surface area contributed by atoms with Crippen LogP contribution in [0, 0.1) is 0 Å². The number of hydrogen-bond donors (Lipinski definition) is 1. The molecule has 1 N–H and O–H groups in total. The van der Waals surface area contributed by atoms with Gasteiger partial charge in [-0.3, -0.25) is 4.68 Å². The van der Waals surface area contributed by atoms with Crippen LogP contribution in [0.25, 0.3) is 0 Å². The zero-order valence-electron chi connectivity index (χ0n) is 11.0. The van der Waals surface area contributed by atoms with Crippen LogP contribution in [0.2, 0.25) is 0 Å². The third-order valence-corrected chi connectivity index (χ3v) is 5.27. The molecular formula is C13H17Br2N3S. The van der Waals surface area contributed by atoms with Gasteiger partial charge in [-0.15, -0.1) is 11.3 Å². The van der Waals surface area contributed by atoms with Crippen molar-refractivity contribution in [1.29, 1.82) is 0 Å². The number of aryl methyl sites for hydroxylation is 1. The third-order valence-electron chi connectivity index (χ3n) is 2.88. The Labute approximate surface area is 134 Å². The highest BCUT2D eigenvalue weighted by molar-refractivity contribution is 9.12. The van der Waals surface area contributed by atoms with Gasteiger partial charge in [-0.05, 0) is 62.5 Å². The van der Waals surface area contributed by atoms with Gasteiger partial charge >= 0.3 is 0 Å². The first-order valence-corrected chi connectivity index (χ1v) is 8.67. The van der Waals surface area contributed by atoms with Gasteiger partial charge in [-0.2, -0.15) is 5.10 Å². The average Bonchev–Trinajstić information content (AvgIpc) is 2.91. The quantitative estimate of drug-likeness (QED) is 0.775. The molecule has 0 aromatic carbocycles. The summed E-state index contributed by atoms with van der Waals surface area (Å²) in [4.78, 5) is 0. The van der Waals surface area contributed by atoms with E-state index in [0.717, 1.165) is 28.9 Å². The van der Waals surface area contributed by atoms with Gasteiger partial charge < -0.3 is 5.32 Å². The van der Waals surface area contributed by atoms with Crippen molar-refractivity contribution in [2.75, 3.05) is 6.54 Å². The zero-order valence-corrected chi connectivity index (χ0v) is 15.0. The fraction of sp³-hybridized carbons (Fsp3) is 0.462. The summed E-state index contributed by atoms with van der Waals surface area (Å²) in [5, 5.41) is 8.08. The molecule has 0 saturated carbocycles. The Bertz CT molecular complexity index is 536. The molecule has 2 rings (SSSR count). The molecule has 0 bridgehead atoms. The Hall–Kier alpha value is -0.170. The highest BCUT2D eigenvalue weighted by Crippen LogP contribution is 2.36. The Morgan fingerprint density at radius 1 is 1.47 bits per heavy atom. The summed E-state index contributed by atoms with van der Waals surface area (Å²) >= 11 is 8.92. The van der Waals surface area contributed by atoms with Gasteiger partial charge in [0.1, 0.15) is 0 Å². The molecule has 0 radical (unpaired) electrons. The van der Waals surface area contributed by atoms with Crippen molar-refractivity contribution in [1.82, 2.24) is 15.1 Å². The van der Waals surface area contributed by atoms with Gasteiger partial charge in [-0.25, -0.2) is 0 Å². The van der Waals surface area contributed by atoms with Crippen molar-refractivity contribution in [3.63, 3.8) is 0 Å². The van der Waals surface area contributed by atoms with Gasteiger partial charge in [0.25, 0.3) is 0 Å². The number of aromatic nitrogens is 2. The molecule has 2 aromatic heterocycles. The molecule has 0 aliphatic carbocycles. The van der Waals surface area contributed by atoms with Crippen molar-refractivity contribution in [3.05, 3.63) is 37.2 Å². The van der Waals surface area contributed by atoms with Crippen LogP contribution >= 0.6 is 43.2 Å². The Morgan fingerprint density at radius 3 is 2.79 bits per heavy atom. The van der Waals surface area contributed by atoms with Gasteiger partial charge in [0, 0.05) is 25.7 Å². The summed E-state index contributed by atoms with van der Waals surface area (Å²) in [6.07, 6.45) is 4.02. The van der Waals surface area contributed by atoms with Gasteiger partial charge in [-0.1, -0.05) is 6.92 Å². The van der Waals surface area contributed by atoms with Crippen LogP contribution in [0.4, 0.5) is 0 Å². The molecule has 104 valence electrons. The van der Waals surface area contributed by atoms with E-state index in [0.29, 0.717) is 6.04 Å². The van der Waals surface area contributed by atoms with E-state index in [2.05, 4.69) is 61.3 Å². The monoisotopic (exact) mass is 405 g/mol. The van der Waals surface area contributed by atoms with E-state index in [4.69, 9.17) is 0 Å². The van der Waals surface area contributed by atoms with Crippen molar-refractivity contribution < 1.29 is 0 Å². The first kappa shape index (κ1) is 15.2.